The third kappa shape index (κ3) is 5.72. The smallest absolute Gasteiger partial charge is 0.238 e. The number of hydrogen-bond donors (Lipinski definition) is 2. The molecule has 1 saturated carbocycles. The highest BCUT2D eigenvalue weighted by atomic mass is 35.5. The highest BCUT2D eigenvalue weighted by Gasteiger charge is 2.26. The van der Waals surface area contributed by atoms with Crippen LogP contribution in [0.25, 0.3) is 0 Å². The van der Waals surface area contributed by atoms with Gasteiger partial charge in [-0.3, -0.25) is 14.5 Å². The van der Waals surface area contributed by atoms with Crippen LogP contribution in [-0.4, -0.2) is 42.4 Å². The lowest BCUT2D eigenvalue weighted by molar-refractivity contribution is -0.127. The standard InChI is InChI=1S/C19H28ClN3O2/c1-13-8-4-6-10-16(13)22-19(25)14(2)23(3)12-18(24)21-17-11-7-5-9-15(17)20/h5,7,9,11,13-14,16H,4,6,8,10,12H2,1-3H3,(H,21,24)(H,22,25)/t13-,14-,16-/m1/s1. The summed E-state index contributed by atoms with van der Waals surface area (Å²) in [7, 11) is 1.78. The highest BCUT2D eigenvalue weighted by molar-refractivity contribution is 6.33. The number of amides is 2. The van der Waals surface area contributed by atoms with Gasteiger partial charge in [0.25, 0.3) is 0 Å². The largest absolute Gasteiger partial charge is 0.352 e. The molecule has 3 atom stereocenters. The lowest BCUT2D eigenvalue weighted by atomic mass is 9.86. The van der Waals surface area contributed by atoms with Gasteiger partial charge in [-0.15, -0.1) is 0 Å². The molecule has 138 valence electrons. The number of nitrogens with one attached hydrogen (secondary N) is 2. The Labute approximate surface area is 155 Å². The van der Waals surface area contributed by atoms with E-state index in [0.29, 0.717) is 16.6 Å². The van der Waals surface area contributed by atoms with E-state index < -0.39 is 0 Å². The van der Waals surface area contributed by atoms with Crippen molar-refractivity contribution in [2.45, 2.75) is 51.6 Å². The van der Waals surface area contributed by atoms with Crippen molar-refractivity contribution in [2.75, 3.05) is 18.9 Å². The average Bonchev–Trinajstić information content (AvgIpc) is 2.58. The van der Waals surface area contributed by atoms with E-state index in [4.69, 9.17) is 11.6 Å². The van der Waals surface area contributed by atoms with E-state index in [1.165, 1.54) is 12.8 Å². The molecule has 0 unspecified atom stereocenters. The van der Waals surface area contributed by atoms with Gasteiger partial charge in [0.05, 0.1) is 23.3 Å². The number of nitrogens with zero attached hydrogens (tertiary/aromatic N) is 1. The Balaban J connectivity index is 1.84. The first-order valence-electron chi connectivity index (χ1n) is 8.93. The second-order valence-corrected chi connectivity index (χ2v) is 7.40. The molecule has 1 aromatic carbocycles. The van der Waals surface area contributed by atoms with Crippen LogP contribution in [0.1, 0.15) is 39.5 Å². The van der Waals surface area contributed by atoms with Gasteiger partial charge in [0, 0.05) is 6.04 Å². The van der Waals surface area contributed by atoms with Crippen LogP contribution in [0.2, 0.25) is 5.02 Å². The second-order valence-electron chi connectivity index (χ2n) is 7.00. The summed E-state index contributed by atoms with van der Waals surface area (Å²) >= 11 is 6.05. The number of carbonyl (C=O) groups excluding carboxylic acids is 2. The maximum Gasteiger partial charge on any atom is 0.238 e. The minimum atomic E-state index is -0.369. The third-order valence-corrected chi connectivity index (χ3v) is 5.35. The number of anilines is 1. The minimum Gasteiger partial charge on any atom is -0.352 e. The van der Waals surface area contributed by atoms with E-state index in [1.54, 1.807) is 24.1 Å². The van der Waals surface area contributed by atoms with E-state index in [0.717, 1.165) is 12.8 Å². The second kappa shape index (κ2) is 9.20. The fourth-order valence-corrected chi connectivity index (χ4v) is 3.33. The minimum absolute atomic E-state index is 0.0215. The lowest BCUT2D eigenvalue weighted by Gasteiger charge is -2.32. The van der Waals surface area contributed by atoms with E-state index in [1.807, 2.05) is 19.1 Å². The zero-order valence-corrected chi connectivity index (χ0v) is 16.0. The van der Waals surface area contributed by atoms with Gasteiger partial charge in [-0.05, 0) is 44.9 Å². The summed E-state index contributed by atoms with van der Waals surface area (Å²) in [5.41, 5.74) is 0.579. The van der Waals surface area contributed by atoms with Crippen molar-refractivity contribution in [1.82, 2.24) is 10.2 Å². The summed E-state index contributed by atoms with van der Waals surface area (Å²) in [4.78, 5) is 26.4. The maximum atomic E-state index is 12.5. The molecule has 0 bridgehead atoms. The molecule has 2 N–H and O–H groups in total. The number of likely N-dealkylation sites (N-methyl/N-ethyl adjacent to an activating group) is 1. The Kier molecular flexibility index (Phi) is 7.26. The first kappa shape index (κ1) is 19.7. The third-order valence-electron chi connectivity index (χ3n) is 5.02. The van der Waals surface area contributed by atoms with Crippen LogP contribution in [0.15, 0.2) is 24.3 Å². The number of halogens is 1. The molecule has 1 aliphatic carbocycles. The van der Waals surface area contributed by atoms with Gasteiger partial charge < -0.3 is 10.6 Å². The first-order chi connectivity index (χ1) is 11.9. The Morgan fingerprint density at radius 3 is 2.64 bits per heavy atom. The zero-order valence-electron chi connectivity index (χ0n) is 15.2. The summed E-state index contributed by atoms with van der Waals surface area (Å²) in [5.74, 6) is 0.298. The molecule has 5 nitrogen and oxygen atoms in total. The fraction of sp³-hybridized carbons (Fsp3) is 0.579. The zero-order chi connectivity index (χ0) is 18.4. The quantitative estimate of drug-likeness (QED) is 0.813. The van der Waals surface area contributed by atoms with Crippen molar-refractivity contribution in [1.29, 1.82) is 0 Å². The van der Waals surface area contributed by atoms with Gasteiger partial charge in [0.15, 0.2) is 0 Å². The van der Waals surface area contributed by atoms with Gasteiger partial charge in [0.2, 0.25) is 11.8 Å². The van der Waals surface area contributed by atoms with Crippen LogP contribution in [0.4, 0.5) is 5.69 Å². The van der Waals surface area contributed by atoms with Crippen LogP contribution in [-0.2, 0) is 9.59 Å². The molecule has 2 rings (SSSR count). The van der Waals surface area contributed by atoms with Crippen LogP contribution in [0.3, 0.4) is 0 Å². The van der Waals surface area contributed by atoms with Gasteiger partial charge in [0.1, 0.15) is 0 Å². The first-order valence-corrected chi connectivity index (χ1v) is 9.31. The van der Waals surface area contributed by atoms with Crippen molar-refractivity contribution in [2.24, 2.45) is 5.92 Å². The average molecular weight is 366 g/mol. The summed E-state index contributed by atoms with van der Waals surface area (Å²) in [6.07, 6.45) is 4.61. The highest BCUT2D eigenvalue weighted by Crippen LogP contribution is 2.24. The Bertz CT molecular complexity index is 608. The number of carbonyl (C=O) groups is 2. The monoisotopic (exact) mass is 365 g/mol. The van der Waals surface area contributed by atoms with Crippen LogP contribution in [0.5, 0.6) is 0 Å². The van der Waals surface area contributed by atoms with Crippen molar-refractivity contribution >= 4 is 29.1 Å². The summed E-state index contributed by atoms with van der Waals surface area (Å²) < 4.78 is 0. The van der Waals surface area contributed by atoms with Gasteiger partial charge in [-0.1, -0.05) is 43.5 Å². The van der Waals surface area contributed by atoms with Crippen LogP contribution >= 0.6 is 11.6 Å². The molecule has 1 aliphatic rings. The van der Waals surface area contributed by atoms with Crippen LogP contribution in [0, 0.1) is 5.92 Å². The van der Waals surface area contributed by atoms with E-state index >= 15 is 0 Å². The molecular formula is C19H28ClN3O2. The Hall–Kier alpha value is -1.59. The molecule has 0 heterocycles. The molecule has 25 heavy (non-hydrogen) atoms. The summed E-state index contributed by atoms with van der Waals surface area (Å²) in [6, 6.07) is 6.97. The number of hydrogen-bond acceptors (Lipinski definition) is 3. The lowest BCUT2D eigenvalue weighted by Crippen LogP contribution is -2.50. The van der Waals surface area contributed by atoms with Crippen molar-refractivity contribution in [3.05, 3.63) is 29.3 Å². The molecule has 6 heteroatoms. The normalized spacial score (nSPS) is 21.6. The predicted molar refractivity (Wildman–Crippen MR) is 102 cm³/mol. The maximum absolute atomic E-state index is 12.5. The molecule has 1 aromatic rings. The topological polar surface area (TPSA) is 61.4 Å². The molecule has 0 saturated heterocycles. The SMILES string of the molecule is C[C@@H]1CCCC[C@H]1NC(=O)[C@@H](C)N(C)CC(=O)Nc1ccccc1Cl. The van der Waals surface area contributed by atoms with Gasteiger partial charge in [-0.25, -0.2) is 0 Å². The van der Waals surface area contributed by atoms with E-state index in [-0.39, 0.29) is 30.4 Å². The molecule has 0 aromatic heterocycles. The number of benzene rings is 1. The Morgan fingerprint density at radius 2 is 1.96 bits per heavy atom. The Morgan fingerprint density at radius 1 is 1.28 bits per heavy atom. The van der Waals surface area contributed by atoms with Crippen molar-refractivity contribution in [3.8, 4) is 0 Å². The predicted octanol–water partition coefficient (Wildman–Crippen LogP) is 3.29. The van der Waals surface area contributed by atoms with Gasteiger partial charge in [-0.2, -0.15) is 0 Å². The summed E-state index contributed by atoms with van der Waals surface area (Å²) in [6.45, 7) is 4.14. The molecular weight excluding hydrogens is 338 g/mol. The molecule has 0 aliphatic heterocycles. The van der Waals surface area contributed by atoms with Crippen LogP contribution < -0.4 is 10.6 Å². The van der Waals surface area contributed by atoms with E-state index in [2.05, 4.69) is 17.6 Å². The van der Waals surface area contributed by atoms with Crippen molar-refractivity contribution in [3.63, 3.8) is 0 Å². The number of rotatable bonds is 6. The van der Waals surface area contributed by atoms with Gasteiger partial charge >= 0.3 is 0 Å². The molecule has 0 radical (unpaired) electrons. The number of para-hydroxylation sites is 1. The molecule has 2 amide bonds. The van der Waals surface area contributed by atoms with Crippen molar-refractivity contribution < 1.29 is 9.59 Å². The van der Waals surface area contributed by atoms with E-state index in [9.17, 15) is 9.59 Å². The molecule has 0 spiro atoms. The summed E-state index contributed by atoms with van der Waals surface area (Å²) in [5, 5.41) is 6.42. The fourth-order valence-electron chi connectivity index (χ4n) is 3.15. The molecule has 1 fully saturated rings.